The Labute approximate surface area is 142 Å². The van der Waals surface area contributed by atoms with Gasteiger partial charge in [-0.25, -0.2) is 0 Å². The van der Waals surface area contributed by atoms with Crippen LogP contribution in [-0.2, 0) is 10.5 Å². The smallest absolute Gasteiger partial charge is 0.269 e. The first-order chi connectivity index (χ1) is 11.5. The molecule has 124 valence electrons. The summed E-state index contributed by atoms with van der Waals surface area (Å²) in [5.41, 5.74) is 6.43. The van der Waals surface area contributed by atoms with E-state index in [0.29, 0.717) is 5.75 Å². The van der Waals surface area contributed by atoms with Crippen LogP contribution in [0, 0.1) is 10.1 Å². The van der Waals surface area contributed by atoms with Crippen molar-refractivity contribution in [3.63, 3.8) is 0 Å². The van der Waals surface area contributed by atoms with Crippen LogP contribution in [-0.4, -0.2) is 22.1 Å². The number of nitrogens with two attached hydrogens (primary N) is 1. The van der Waals surface area contributed by atoms with Gasteiger partial charge >= 0.3 is 0 Å². The zero-order chi connectivity index (χ0) is 17.5. The minimum absolute atomic E-state index is 0.114. The summed E-state index contributed by atoms with van der Waals surface area (Å²) in [6.07, 6.45) is 0. The zero-order valence-corrected chi connectivity index (χ0v) is 13.4. The van der Waals surface area contributed by atoms with Gasteiger partial charge in [0.15, 0.2) is 5.37 Å². The molecule has 24 heavy (non-hydrogen) atoms. The monoisotopic (exact) mass is 345 g/mol. The number of nitro benzene ring substituents is 1. The largest absolute Gasteiger partial charge is 0.367 e. The van der Waals surface area contributed by atoms with Gasteiger partial charge in [-0.3, -0.25) is 19.7 Å². The molecule has 7 nitrogen and oxygen atoms in total. The standard InChI is InChI=1S/C16H15N3O4S/c17-14(20)16(24-10-11-4-2-1-3-5-11)18-15(21)12-6-8-13(9-7-12)19(22)23/h1-9,16H,10H2,(H2,17,20)(H,18,21). The highest BCUT2D eigenvalue weighted by Crippen LogP contribution is 2.17. The maximum atomic E-state index is 12.1. The summed E-state index contributed by atoms with van der Waals surface area (Å²) in [7, 11) is 0. The molecule has 2 aromatic carbocycles. The topological polar surface area (TPSA) is 115 Å². The summed E-state index contributed by atoms with van der Waals surface area (Å²) >= 11 is 1.20. The second-order valence-corrected chi connectivity index (χ2v) is 5.95. The molecule has 0 spiro atoms. The highest BCUT2D eigenvalue weighted by Gasteiger charge is 2.20. The van der Waals surface area contributed by atoms with Crippen molar-refractivity contribution >= 4 is 29.3 Å². The van der Waals surface area contributed by atoms with E-state index in [-0.39, 0.29) is 11.3 Å². The van der Waals surface area contributed by atoms with Crippen molar-refractivity contribution in [2.45, 2.75) is 11.1 Å². The Morgan fingerprint density at radius 3 is 2.29 bits per heavy atom. The highest BCUT2D eigenvalue weighted by atomic mass is 32.2. The number of amides is 2. The summed E-state index contributed by atoms with van der Waals surface area (Å²) in [6, 6.07) is 14.6. The van der Waals surface area contributed by atoms with E-state index in [0.717, 1.165) is 5.56 Å². The van der Waals surface area contributed by atoms with Crippen LogP contribution < -0.4 is 11.1 Å². The summed E-state index contributed by atoms with van der Waals surface area (Å²) < 4.78 is 0. The minimum atomic E-state index is -0.895. The van der Waals surface area contributed by atoms with Gasteiger partial charge in [0.25, 0.3) is 17.5 Å². The number of hydrogen-bond donors (Lipinski definition) is 2. The molecule has 0 aliphatic heterocycles. The molecule has 0 aliphatic carbocycles. The number of nitro groups is 1. The van der Waals surface area contributed by atoms with Gasteiger partial charge < -0.3 is 11.1 Å². The molecule has 0 radical (unpaired) electrons. The van der Waals surface area contributed by atoms with E-state index in [1.807, 2.05) is 30.3 Å². The third kappa shape index (κ3) is 4.82. The highest BCUT2D eigenvalue weighted by molar-refractivity contribution is 7.99. The molecule has 0 aliphatic rings. The maximum Gasteiger partial charge on any atom is 0.269 e. The first kappa shape index (κ1) is 17.5. The molecule has 0 aromatic heterocycles. The molecule has 2 rings (SSSR count). The second-order valence-electron chi connectivity index (χ2n) is 4.86. The van der Waals surface area contributed by atoms with Gasteiger partial charge in [0.05, 0.1) is 4.92 Å². The number of thioether (sulfide) groups is 1. The molecule has 2 aromatic rings. The van der Waals surface area contributed by atoms with Gasteiger partial charge in [0.2, 0.25) is 0 Å². The number of benzene rings is 2. The average Bonchev–Trinajstić information content (AvgIpc) is 2.59. The summed E-state index contributed by atoms with van der Waals surface area (Å²) in [5.74, 6) is -0.671. The fraction of sp³-hybridized carbons (Fsp3) is 0.125. The van der Waals surface area contributed by atoms with Crippen LogP contribution in [0.15, 0.2) is 54.6 Å². The van der Waals surface area contributed by atoms with Crippen LogP contribution in [0.25, 0.3) is 0 Å². The van der Waals surface area contributed by atoms with E-state index in [4.69, 9.17) is 5.73 Å². The molecule has 0 saturated heterocycles. The van der Waals surface area contributed by atoms with E-state index in [9.17, 15) is 19.7 Å². The SMILES string of the molecule is NC(=O)C(NC(=O)c1ccc([N+](=O)[O-])cc1)SCc1ccccc1. The third-order valence-corrected chi connectivity index (χ3v) is 4.30. The summed E-state index contributed by atoms with van der Waals surface area (Å²) in [5, 5.41) is 12.2. The lowest BCUT2D eigenvalue weighted by Crippen LogP contribution is -2.42. The lowest BCUT2D eigenvalue weighted by Gasteiger charge is -2.15. The molecule has 3 N–H and O–H groups in total. The summed E-state index contributed by atoms with van der Waals surface area (Å²) in [6.45, 7) is 0. The Kier molecular flexibility index (Phi) is 5.91. The fourth-order valence-electron chi connectivity index (χ4n) is 1.89. The van der Waals surface area contributed by atoms with Crippen LogP contribution in [0.5, 0.6) is 0 Å². The number of nitrogens with zero attached hydrogens (tertiary/aromatic N) is 1. The summed E-state index contributed by atoms with van der Waals surface area (Å²) in [4.78, 5) is 33.7. The molecule has 0 bridgehead atoms. The lowest BCUT2D eigenvalue weighted by molar-refractivity contribution is -0.384. The van der Waals surface area contributed by atoms with Gasteiger partial charge in [-0.2, -0.15) is 0 Å². The van der Waals surface area contributed by atoms with E-state index in [1.54, 1.807) is 0 Å². The van der Waals surface area contributed by atoms with Gasteiger partial charge in [-0.15, -0.1) is 11.8 Å². The molecule has 1 unspecified atom stereocenters. The van der Waals surface area contributed by atoms with Gasteiger partial charge in [0, 0.05) is 23.4 Å². The Hall–Kier alpha value is -2.87. The van der Waals surface area contributed by atoms with Crippen molar-refractivity contribution in [1.29, 1.82) is 0 Å². The first-order valence-corrected chi connectivity index (χ1v) is 8.02. The van der Waals surface area contributed by atoms with Crippen LogP contribution in [0.4, 0.5) is 5.69 Å². The molecular formula is C16H15N3O4S. The molecule has 8 heteroatoms. The van der Waals surface area contributed by atoms with Gasteiger partial charge in [-0.1, -0.05) is 30.3 Å². The van der Waals surface area contributed by atoms with Crippen LogP contribution in [0.3, 0.4) is 0 Å². The van der Waals surface area contributed by atoms with E-state index in [1.165, 1.54) is 36.0 Å². The number of carbonyl (C=O) groups is 2. The van der Waals surface area contributed by atoms with Crippen molar-refractivity contribution in [1.82, 2.24) is 5.32 Å². The number of carbonyl (C=O) groups excluding carboxylic acids is 2. The molecule has 0 fully saturated rings. The minimum Gasteiger partial charge on any atom is -0.367 e. The maximum absolute atomic E-state index is 12.1. The lowest BCUT2D eigenvalue weighted by atomic mass is 10.2. The number of non-ortho nitro benzene ring substituents is 1. The number of rotatable bonds is 7. The van der Waals surface area contributed by atoms with E-state index >= 15 is 0 Å². The van der Waals surface area contributed by atoms with Crippen molar-refractivity contribution in [2.24, 2.45) is 5.73 Å². The zero-order valence-electron chi connectivity index (χ0n) is 12.5. The normalized spacial score (nSPS) is 11.5. The van der Waals surface area contributed by atoms with Crippen molar-refractivity contribution < 1.29 is 14.5 Å². The van der Waals surface area contributed by atoms with Crippen molar-refractivity contribution in [3.8, 4) is 0 Å². The Morgan fingerprint density at radius 1 is 1.12 bits per heavy atom. The fourth-order valence-corrected chi connectivity index (χ4v) is 2.79. The predicted molar refractivity (Wildman–Crippen MR) is 91.3 cm³/mol. The first-order valence-electron chi connectivity index (χ1n) is 6.97. The van der Waals surface area contributed by atoms with E-state index in [2.05, 4.69) is 5.32 Å². The number of hydrogen-bond acceptors (Lipinski definition) is 5. The average molecular weight is 345 g/mol. The van der Waals surface area contributed by atoms with E-state index < -0.39 is 22.1 Å². The third-order valence-electron chi connectivity index (χ3n) is 3.12. The number of primary amides is 1. The predicted octanol–water partition coefficient (Wildman–Crippen LogP) is 2.07. The molecular weight excluding hydrogens is 330 g/mol. The van der Waals surface area contributed by atoms with Crippen LogP contribution in [0.1, 0.15) is 15.9 Å². The molecule has 1 atom stereocenters. The Bertz CT molecular complexity index is 735. The molecule has 2 amide bonds. The van der Waals surface area contributed by atoms with Crippen molar-refractivity contribution in [2.75, 3.05) is 0 Å². The molecule has 0 heterocycles. The Morgan fingerprint density at radius 2 is 1.75 bits per heavy atom. The van der Waals surface area contributed by atoms with Crippen LogP contribution in [0.2, 0.25) is 0 Å². The van der Waals surface area contributed by atoms with Gasteiger partial charge in [0.1, 0.15) is 0 Å². The van der Waals surface area contributed by atoms with Crippen molar-refractivity contribution in [3.05, 3.63) is 75.8 Å². The number of nitrogens with one attached hydrogen (secondary N) is 1. The molecule has 0 saturated carbocycles. The Balaban J connectivity index is 2.00. The van der Waals surface area contributed by atoms with Gasteiger partial charge in [-0.05, 0) is 17.7 Å². The van der Waals surface area contributed by atoms with Crippen LogP contribution >= 0.6 is 11.8 Å². The quantitative estimate of drug-likeness (QED) is 0.453. The second kappa shape index (κ2) is 8.11.